The third-order valence-electron chi connectivity index (χ3n) is 4.84. The number of nitrogens with one attached hydrogen (secondary N) is 1. The van der Waals surface area contributed by atoms with Gasteiger partial charge in [0, 0.05) is 0 Å². The number of anilines is 1. The minimum Gasteiger partial charge on any atom is -0.491 e. The Labute approximate surface area is 194 Å². The first-order valence-corrected chi connectivity index (χ1v) is 12.5. The first kappa shape index (κ1) is 25.9. The van der Waals surface area contributed by atoms with Gasteiger partial charge in [0.15, 0.2) is 0 Å². The highest BCUT2D eigenvalue weighted by molar-refractivity contribution is 7.92. The van der Waals surface area contributed by atoms with Crippen LogP contribution in [0.3, 0.4) is 0 Å². The molecule has 0 radical (unpaired) electrons. The molecule has 176 valence electrons. The van der Waals surface area contributed by atoms with Gasteiger partial charge in [0.25, 0.3) is 0 Å². The Morgan fingerprint density at radius 2 is 1.88 bits per heavy atom. The number of nitrogens with zero attached hydrogens (tertiary/aromatic N) is 1. The van der Waals surface area contributed by atoms with Gasteiger partial charge in [0.1, 0.15) is 24.2 Å². The molecule has 1 amide bonds. The van der Waals surface area contributed by atoms with Crippen LogP contribution in [0.15, 0.2) is 42.5 Å². The molecule has 2 aromatic rings. The van der Waals surface area contributed by atoms with Crippen molar-refractivity contribution in [2.24, 2.45) is 0 Å². The summed E-state index contributed by atoms with van der Waals surface area (Å²) in [6.45, 7) is 8.37. The highest BCUT2D eigenvalue weighted by Gasteiger charge is 2.31. The zero-order valence-corrected chi connectivity index (χ0v) is 20.6. The highest BCUT2D eigenvalue weighted by Crippen LogP contribution is 2.31. The summed E-state index contributed by atoms with van der Waals surface area (Å²) in [6, 6.07) is 10.2. The van der Waals surface area contributed by atoms with E-state index in [0.29, 0.717) is 0 Å². The van der Waals surface area contributed by atoms with E-state index in [1.54, 1.807) is 6.92 Å². The van der Waals surface area contributed by atoms with Crippen molar-refractivity contribution in [1.29, 1.82) is 0 Å². The van der Waals surface area contributed by atoms with E-state index in [-0.39, 0.29) is 35.7 Å². The van der Waals surface area contributed by atoms with Crippen LogP contribution in [0.1, 0.15) is 39.7 Å². The third-order valence-corrected chi connectivity index (χ3v) is 6.31. The molecule has 0 saturated carbocycles. The Hall–Kier alpha value is -2.32. The number of rotatable bonds is 9. The van der Waals surface area contributed by atoms with Crippen molar-refractivity contribution in [2.45, 2.75) is 45.6 Å². The van der Waals surface area contributed by atoms with Crippen molar-refractivity contribution in [1.82, 2.24) is 5.32 Å². The van der Waals surface area contributed by atoms with E-state index in [0.717, 1.165) is 27.9 Å². The molecule has 2 aromatic carbocycles. The summed E-state index contributed by atoms with van der Waals surface area (Å²) in [7, 11) is -3.84. The quantitative estimate of drug-likeness (QED) is 0.531. The van der Waals surface area contributed by atoms with E-state index < -0.39 is 27.8 Å². The highest BCUT2D eigenvalue weighted by atomic mass is 35.5. The second-order valence-electron chi connectivity index (χ2n) is 8.47. The number of amides is 1. The van der Waals surface area contributed by atoms with Gasteiger partial charge in [-0.25, -0.2) is 12.8 Å². The number of ether oxygens (including phenoxy) is 1. The normalized spacial score (nSPS) is 12.8. The largest absolute Gasteiger partial charge is 0.491 e. The molecule has 32 heavy (non-hydrogen) atoms. The molecule has 0 fully saturated rings. The summed E-state index contributed by atoms with van der Waals surface area (Å²) in [6.07, 6.45) is 1.20. The molecule has 1 atom stereocenters. The van der Waals surface area contributed by atoms with Gasteiger partial charge in [0.05, 0.1) is 23.5 Å². The van der Waals surface area contributed by atoms with Gasteiger partial charge in [-0.15, -0.1) is 0 Å². The van der Waals surface area contributed by atoms with Crippen LogP contribution in [-0.4, -0.2) is 39.8 Å². The van der Waals surface area contributed by atoms with Crippen molar-refractivity contribution >= 4 is 33.2 Å². The monoisotopic (exact) mass is 484 g/mol. The Morgan fingerprint density at radius 3 is 2.44 bits per heavy atom. The zero-order valence-electron chi connectivity index (χ0n) is 19.0. The second-order valence-corrected chi connectivity index (χ2v) is 10.7. The molecule has 0 aliphatic rings. The molecular formula is C23H30ClFN2O4S. The molecule has 0 heterocycles. The lowest BCUT2D eigenvalue weighted by atomic mass is 9.86. The van der Waals surface area contributed by atoms with E-state index in [9.17, 15) is 17.6 Å². The van der Waals surface area contributed by atoms with Gasteiger partial charge < -0.3 is 10.1 Å². The Balaban J connectivity index is 2.11. The standard InChI is InChI=1S/C23H30ClFN2O4S/c1-6-20(27(32(5,29)30)16-11-12-19(25)18(24)15-16)22(28)26-13-14-31-21-10-8-7-9-17(21)23(2,3)4/h7-12,15,20H,6,13-14H2,1-5H3,(H,26,28). The zero-order chi connectivity index (χ0) is 24.1. The lowest BCUT2D eigenvalue weighted by molar-refractivity contribution is -0.122. The van der Waals surface area contributed by atoms with Gasteiger partial charge >= 0.3 is 0 Å². The molecule has 0 aromatic heterocycles. The van der Waals surface area contributed by atoms with E-state index in [1.165, 1.54) is 12.1 Å². The van der Waals surface area contributed by atoms with Crippen LogP contribution in [0.5, 0.6) is 5.75 Å². The van der Waals surface area contributed by atoms with Crippen LogP contribution in [0.2, 0.25) is 5.02 Å². The van der Waals surface area contributed by atoms with Crippen LogP contribution in [0, 0.1) is 5.82 Å². The number of para-hydroxylation sites is 1. The molecule has 9 heteroatoms. The molecule has 0 aliphatic heterocycles. The topological polar surface area (TPSA) is 75.7 Å². The predicted octanol–water partition coefficient (Wildman–Crippen LogP) is 4.52. The fourth-order valence-corrected chi connectivity index (χ4v) is 4.73. The maximum atomic E-state index is 13.6. The minimum absolute atomic E-state index is 0.0977. The number of sulfonamides is 1. The van der Waals surface area contributed by atoms with Crippen molar-refractivity contribution in [3.8, 4) is 5.75 Å². The average molecular weight is 485 g/mol. The molecule has 6 nitrogen and oxygen atoms in total. The molecule has 0 bridgehead atoms. The summed E-state index contributed by atoms with van der Waals surface area (Å²) in [5, 5.41) is 2.51. The van der Waals surface area contributed by atoms with E-state index in [4.69, 9.17) is 16.3 Å². The minimum atomic E-state index is -3.84. The number of hydrogen-bond acceptors (Lipinski definition) is 4. The summed E-state index contributed by atoms with van der Waals surface area (Å²) in [4.78, 5) is 12.8. The Kier molecular flexibility index (Phi) is 8.54. The van der Waals surface area contributed by atoms with Crippen LogP contribution in [0.4, 0.5) is 10.1 Å². The molecule has 0 saturated heterocycles. The Morgan fingerprint density at radius 1 is 1.22 bits per heavy atom. The number of halogens is 2. The smallest absolute Gasteiger partial charge is 0.244 e. The number of benzene rings is 2. The molecule has 1 N–H and O–H groups in total. The average Bonchev–Trinajstić information content (AvgIpc) is 2.70. The number of carbonyl (C=O) groups is 1. The van der Waals surface area contributed by atoms with Crippen LogP contribution in [-0.2, 0) is 20.2 Å². The summed E-state index contributed by atoms with van der Waals surface area (Å²) < 4.78 is 45.3. The van der Waals surface area contributed by atoms with Gasteiger partial charge in [-0.2, -0.15) is 0 Å². The molecule has 0 aliphatic carbocycles. The van der Waals surface area contributed by atoms with Crippen LogP contribution >= 0.6 is 11.6 Å². The number of hydrogen-bond donors (Lipinski definition) is 1. The Bertz CT molecular complexity index is 1050. The van der Waals surface area contributed by atoms with Crippen molar-refractivity contribution in [2.75, 3.05) is 23.7 Å². The molecule has 2 rings (SSSR count). The van der Waals surface area contributed by atoms with Gasteiger partial charge in [-0.05, 0) is 41.7 Å². The van der Waals surface area contributed by atoms with Crippen molar-refractivity contribution in [3.63, 3.8) is 0 Å². The van der Waals surface area contributed by atoms with Gasteiger partial charge in [-0.1, -0.05) is 57.5 Å². The van der Waals surface area contributed by atoms with E-state index >= 15 is 0 Å². The maximum absolute atomic E-state index is 13.6. The molecule has 0 spiro atoms. The van der Waals surface area contributed by atoms with Gasteiger partial charge in [-0.3, -0.25) is 9.10 Å². The first-order valence-electron chi connectivity index (χ1n) is 10.3. The SMILES string of the molecule is CCC(C(=O)NCCOc1ccccc1C(C)(C)C)N(c1ccc(F)c(Cl)c1)S(C)(=O)=O. The van der Waals surface area contributed by atoms with Crippen molar-refractivity contribution < 1.29 is 22.3 Å². The third kappa shape index (κ3) is 6.59. The van der Waals surface area contributed by atoms with Crippen molar-refractivity contribution in [3.05, 3.63) is 58.9 Å². The fraction of sp³-hybridized carbons (Fsp3) is 0.435. The lowest BCUT2D eigenvalue weighted by Gasteiger charge is -2.30. The predicted molar refractivity (Wildman–Crippen MR) is 126 cm³/mol. The second kappa shape index (κ2) is 10.5. The summed E-state index contributed by atoms with van der Waals surface area (Å²) in [5.41, 5.74) is 1.07. The van der Waals surface area contributed by atoms with E-state index in [1.807, 2.05) is 24.3 Å². The summed E-state index contributed by atoms with van der Waals surface area (Å²) >= 11 is 5.83. The molecular weight excluding hydrogens is 455 g/mol. The number of carbonyl (C=O) groups excluding carboxylic acids is 1. The lowest BCUT2D eigenvalue weighted by Crippen LogP contribution is -2.50. The van der Waals surface area contributed by atoms with Crippen LogP contribution < -0.4 is 14.4 Å². The van der Waals surface area contributed by atoms with Crippen LogP contribution in [0.25, 0.3) is 0 Å². The van der Waals surface area contributed by atoms with Gasteiger partial charge in [0.2, 0.25) is 15.9 Å². The summed E-state index contributed by atoms with van der Waals surface area (Å²) in [5.74, 6) is -0.417. The molecule has 1 unspecified atom stereocenters. The van der Waals surface area contributed by atoms with E-state index in [2.05, 4.69) is 26.1 Å². The first-order chi connectivity index (χ1) is 14.9. The maximum Gasteiger partial charge on any atom is 0.244 e. The fourth-order valence-electron chi connectivity index (χ4n) is 3.35.